The summed E-state index contributed by atoms with van der Waals surface area (Å²) in [6.07, 6.45) is 4.84. The molecule has 114 valence electrons. The quantitative estimate of drug-likeness (QED) is 0.707. The zero-order chi connectivity index (χ0) is 14.8. The van der Waals surface area contributed by atoms with Gasteiger partial charge in [0.15, 0.2) is 0 Å². The first-order valence-corrected chi connectivity index (χ1v) is 7.67. The summed E-state index contributed by atoms with van der Waals surface area (Å²) in [5.41, 5.74) is 0.993. The van der Waals surface area contributed by atoms with Crippen LogP contribution in [0, 0.1) is 0 Å². The zero-order valence-corrected chi connectivity index (χ0v) is 13.4. The van der Waals surface area contributed by atoms with Crippen LogP contribution in [0.2, 0.25) is 0 Å². The third kappa shape index (κ3) is 5.43. The van der Waals surface area contributed by atoms with Crippen LogP contribution < -0.4 is 10.2 Å². The first kappa shape index (κ1) is 16.9. The Hall–Kier alpha value is -1.20. The van der Waals surface area contributed by atoms with Crippen molar-refractivity contribution >= 4 is 5.82 Å². The Kier molecular flexibility index (Phi) is 8.14. The molecule has 0 saturated carbocycles. The number of hydrogen-bond acceptors (Lipinski definition) is 5. The predicted molar refractivity (Wildman–Crippen MR) is 85.1 cm³/mol. The van der Waals surface area contributed by atoms with Gasteiger partial charge in [0.25, 0.3) is 0 Å². The van der Waals surface area contributed by atoms with E-state index in [2.05, 4.69) is 45.9 Å². The van der Waals surface area contributed by atoms with Crippen LogP contribution >= 0.6 is 0 Å². The number of aromatic nitrogens is 2. The fraction of sp³-hybridized carbons (Fsp3) is 0.733. The van der Waals surface area contributed by atoms with Crippen LogP contribution in [0.3, 0.4) is 0 Å². The summed E-state index contributed by atoms with van der Waals surface area (Å²) in [5.74, 6) is 0.986. The molecule has 0 aliphatic carbocycles. The Bertz CT molecular complexity index is 365. The zero-order valence-electron chi connectivity index (χ0n) is 13.4. The second-order valence-corrected chi connectivity index (χ2v) is 4.86. The molecule has 20 heavy (non-hydrogen) atoms. The Morgan fingerprint density at radius 1 is 1.05 bits per heavy atom. The highest BCUT2D eigenvalue weighted by Gasteiger charge is 2.08. The maximum Gasteiger partial charge on any atom is 0.147 e. The Morgan fingerprint density at radius 3 is 2.40 bits per heavy atom. The van der Waals surface area contributed by atoms with Gasteiger partial charge in [-0.2, -0.15) is 0 Å². The number of hydrogen-bond donors (Lipinski definition) is 1. The topological polar surface area (TPSA) is 44.3 Å². The van der Waals surface area contributed by atoms with E-state index in [1.54, 1.807) is 0 Å². The highest BCUT2D eigenvalue weighted by atomic mass is 15.2. The number of rotatable bonds is 10. The van der Waals surface area contributed by atoms with Gasteiger partial charge in [0.05, 0.1) is 11.9 Å². The van der Waals surface area contributed by atoms with E-state index in [0.717, 1.165) is 57.2 Å². The van der Waals surface area contributed by atoms with Crippen molar-refractivity contribution in [3.05, 3.63) is 18.1 Å². The van der Waals surface area contributed by atoms with Gasteiger partial charge in [-0.25, -0.2) is 4.98 Å². The number of anilines is 1. The van der Waals surface area contributed by atoms with E-state index < -0.39 is 0 Å². The summed E-state index contributed by atoms with van der Waals surface area (Å²) >= 11 is 0. The fourth-order valence-electron chi connectivity index (χ4n) is 2.27. The van der Waals surface area contributed by atoms with Crippen LogP contribution in [-0.4, -0.2) is 54.6 Å². The minimum atomic E-state index is 0.762. The van der Waals surface area contributed by atoms with Gasteiger partial charge >= 0.3 is 0 Å². The maximum atomic E-state index is 4.66. The minimum absolute atomic E-state index is 0.762. The third-order valence-corrected chi connectivity index (χ3v) is 3.53. The average Bonchev–Trinajstić information content (AvgIpc) is 2.48. The molecule has 5 heteroatoms. The van der Waals surface area contributed by atoms with Gasteiger partial charge < -0.3 is 15.1 Å². The Morgan fingerprint density at radius 2 is 1.80 bits per heavy atom. The Balaban J connectivity index is 2.54. The van der Waals surface area contributed by atoms with Crippen LogP contribution in [0.1, 0.15) is 32.9 Å². The van der Waals surface area contributed by atoms with Gasteiger partial charge in [-0.3, -0.25) is 4.98 Å². The molecule has 1 rings (SSSR count). The normalized spacial score (nSPS) is 11.1. The van der Waals surface area contributed by atoms with E-state index in [1.165, 1.54) is 0 Å². The summed E-state index contributed by atoms with van der Waals surface area (Å²) in [7, 11) is 1.93. The standard InChI is InChI=1S/C15H29N5/c1-5-19(6-2)9-8-10-20(7-3)15-13-17-12-14(18-15)11-16-4/h12-13,16H,5-11H2,1-4H3. The van der Waals surface area contributed by atoms with Crippen LogP contribution in [-0.2, 0) is 6.54 Å². The molecule has 0 amide bonds. The smallest absolute Gasteiger partial charge is 0.147 e. The summed E-state index contributed by atoms with van der Waals surface area (Å²) in [6.45, 7) is 12.8. The molecular weight excluding hydrogens is 250 g/mol. The van der Waals surface area contributed by atoms with E-state index in [-0.39, 0.29) is 0 Å². The molecule has 0 fully saturated rings. The van der Waals surface area contributed by atoms with E-state index in [1.807, 2.05) is 19.4 Å². The lowest BCUT2D eigenvalue weighted by atomic mass is 10.3. The monoisotopic (exact) mass is 279 g/mol. The molecule has 0 aromatic carbocycles. The molecule has 0 radical (unpaired) electrons. The summed E-state index contributed by atoms with van der Waals surface area (Å²) in [6, 6.07) is 0. The van der Waals surface area contributed by atoms with Gasteiger partial charge in [-0.15, -0.1) is 0 Å². The van der Waals surface area contributed by atoms with Crippen LogP contribution in [0.4, 0.5) is 5.82 Å². The molecule has 0 aliphatic rings. The first-order valence-electron chi connectivity index (χ1n) is 7.67. The van der Waals surface area contributed by atoms with Crippen molar-refractivity contribution in [1.82, 2.24) is 20.2 Å². The largest absolute Gasteiger partial charge is 0.356 e. The van der Waals surface area contributed by atoms with Gasteiger partial charge in [0.2, 0.25) is 0 Å². The predicted octanol–water partition coefficient (Wildman–Crippen LogP) is 1.75. The fourth-order valence-corrected chi connectivity index (χ4v) is 2.27. The van der Waals surface area contributed by atoms with Crippen molar-refractivity contribution in [3.8, 4) is 0 Å². The van der Waals surface area contributed by atoms with Crippen molar-refractivity contribution in [2.45, 2.75) is 33.7 Å². The lowest BCUT2D eigenvalue weighted by molar-refractivity contribution is 0.300. The van der Waals surface area contributed by atoms with Crippen molar-refractivity contribution in [2.75, 3.05) is 44.7 Å². The molecule has 1 aromatic heterocycles. The van der Waals surface area contributed by atoms with Gasteiger partial charge in [0, 0.05) is 25.8 Å². The molecule has 0 atom stereocenters. The van der Waals surface area contributed by atoms with Crippen molar-refractivity contribution in [3.63, 3.8) is 0 Å². The van der Waals surface area contributed by atoms with E-state index in [0.29, 0.717) is 0 Å². The molecule has 1 heterocycles. The van der Waals surface area contributed by atoms with E-state index in [4.69, 9.17) is 0 Å². The first-order chi connectivity index (χ1) is 9.74. The molecular formula is C15H29N5. The minimum Gasteiger partial charge on any atom is -0.356 e. The third-order valence-electron chi connectivity index (χ3n) is 3.53. The van der Waals surface area contributed by atoms with Crippen LogP contribution in [0.25, 0.3) is 0 Å². The van der Waals surface area contributed by atoms with Crippen LogP contribution in [0.15, 0.2) is 12.4 Å². The average molecular weight is 279 g/mol. The van der Waals surface area contributed by atoms with Gasteiger partial charge in [-0.05, 0) is 40.0 Å². The van der Waals surface area contributed by atoms with E-state index >= 15 is 0 Å². The highest BCUT2D eigenvalue weighted by molar-refractivity contribution is 5.35. The second-order valence-electron chi connectivity index (χ2n) is 4.86. The van der Waals surface area contributed by atoms with Crippen LogP contribution in [0.5, 0.6) is 0 Å². The maximum absolute atomic E-state index is 4.66. The Labute approximate surface area is 123 Å². The molecule has 0 aliphatic heterocycles. The number of nitrogens with zero attached hydrogens (tertiary/aromatic N) is 4. The van der Waals surface area contributed by atoms with Gasteiger partial charge in [-0.1, -0.05) is 13.8 Å². The lowest BCUT2D eigenvalue weighted by Gasteiger charge is -2.24. The highest BCUT2D eigenvalue weighted by Crippen LogP contribution is 2.10. The SMILES string of the molecule is CCN(CC)CCCN(CC)c1cncc(CNC)n1. The van der Waals surface area contributed by atoms with Crippen molar-refractivity contribution < 1.29 is 0 Å². The number of nitrogens with one attached hydrogen (secondary N) is 1. The summed E-state index contributed by atoms with van der Waals surface area (Å²) in [5, 5.41) is 3.11. The molecule has 0 unspecified atom stereocenters. The lowest BCUT2D eigenvalue weighted by Crippen LogP contribution is -2.30. The summed E-state index contributed by atoms with van der Waals surface area (Å²) < 4.78 is 0. The molecule has 1 aromatic rings. The molecule has 0 saturated heterocycles. The van der Waals surface area contributed by atoms with Crippen molar-refractivity contribution in [2.24, 2.45) is 0 Å². The molecule has 5 nitrogen and oxygen atoms in total. The molecule has 0 bridgehead atoms. The van der Waals surface area contributed by atoms with Crippen molar-refractivity contribution in [1.29, 1.82) is 0 Å². The molecule has 1 N–H and O–H groups in total. The van der Waals surface area contributed by atoms with E-state index in [9.17, 15) is 0 Å². The van der Waals surface area contributed by atoms with Gasteiger partial charge in [0.1, 0.15) is 5.82 Å². The summed E-state index contributed by atoms with van der Waals surface area (Å²) in [4.78, 5) is 13.7. The second kappa shape index (κ2) is 9.66. The molecule has 0 spiro atoms.